The van der Waals surface area contributed by atoms with Gasteiger partial charge in [0, 0.05) is 125 Å². The first-order valence-electron chi connectivity index (χ1n) is 28.5. The van der Waals surface area contributed by atoms with Crippen molar-refractivity contribution in [2.75, 3.05) is 50.0 Å². The summed E-state index contributed by atoms with van der Waals surface area (Å²) in [6.07, 6.45) is 10.7. The number of oxime groups is 1. The van der Waals surface area contributed by atoms with Gasteiger partial charge in [0.05, 0.1) is 23.5 Å². The summed E-state index contributed by atoms with van der Waals surface area (Å²) in [6, 6.07) is 13.6. The smallest absolute Gasteiger partial charge is 0.410 e. The summed E-state index contributed by atoms with van der Waals surface area (Å²) in [5.74, 6) is 1.08. The van der Waals surface area contributed by atoms with E-state index >= 15 is 0 Å². The fourth-order valence-electron chi connectivity index (χ4n) is 9.64. The predicted molar refractivity (Wildman–Crippen MR) is 331 cm³/mol. The Morgan fingerprint density at radius 1 is 0.720 bits per heavy atom. The van der Waals surface area contributed by atoms with Gasteiger partial charge in [-0.2, -0.15) is 0 Å². The number of likely N-dealkylation sites (tertiary alicyclic amines) is 2. The number of nitrogens with two attached hydrogens (primary N) is 1. The van der Waals surface area contributed by atoms with Crippen molar-refractivity contribution in [3.05, 3.63) is 89.3 Å². The van der Waals surface area contributed by atoms with Gasteiger partial charge in [0.1, 0.15) is 24.7 Å². The molecule has 82 heavy (non-hydrogen) atoms. The highest BCUT2D eigenvalue weighted by Crippen LogP contribution is 2.36. The predicted octanol–water partition coefficient (Wildman–Crippen LogP) is 12.7. The highest BCUT2D eigenvalue weighted by molar-refractivity contribution is 6.76. The second-order valence-electron chi connectivity index (χ2n) is 26.0. The van der Waals surface area contributed by atoms with E-state index in [1.54, 1.807) is 9.80 Å². The number of carbonyl (C=O) groups is 2. The first-order chi connectivity index (χ1) is 38.6. The fourth-order valence-corrected chi connectivity index (χ4v) is 11.2. The van der Waals surface area contributed by atoms with Gasteiger partial charge in [-0.05, 0) is 116 Å². The molecular weight excluding hydrogens is 1070 g/mol. The van der Waals surface area contributed by atoms with Gasteiger partial charge in [0.25, 0.3) is 0 Å². The zero-order valence-corrected chi connectivity index (χ0v) is 52.8. The Labute approximate surface area is 486 Å². The lowest BCUT2D eigenvalue weighted by Crippen LogP contribution is -2.47. The van der Waals surface area contributed by atoms with Crippen molar-refractivity contribution in [2.24, 2.45) is 10.9 Å². The molecule has 2 atom stereocenters. The zero-order valence-electron chi connectivity index (χ0n) is 50.8. The summed E-state index contributed by atoms with van der Waals surface area (Å²) in [7, 11) is -2.42. The molecule has 2 aliphatic heterocycles. The molecule has 6 heterocycles. The first-order valence-corrected chi connectivity index (χ1v) is 35.9. The third kappa shape index (κ3) is 17.5. The Bertz CT molecular complexity index is 3270. The van der Waals surface area contributed by atoms with E-state index in [1.165, 1.54) is 0 Å². The number of amides is 2. The molecule has 442 valence electrons. The number of aromatic nitrogens is 6. The van der Waals surface area contributed by atoms with Gasteiger partial charge in [-0.15, -0.1) is 0 Å². The van der Waals surface area contributed by atoms with Gasteiger partial charge in [-0.25, -0.2) is 34.4 Å². The summed E-state index contributed by atoms with van der Waals surface area (Å²) in [5.41, 5.74) is 13.3. The number of hydrogen-bond acceptors (Lipinski definition) is 14. The van der Waals surface area contributed by atoms with Crippen LogP contribution in [-0.2, 0) is 32.4 Å². The van der Waals surface area contributed by atoms with Crippen molar-refractivity contribution >= 4 is 73.6 Å². The van der Waals surface area contributed by atoms with Crippen LogP contribution < -0.4 is 16.4 Å². The summed E-state index contributed by atoms with van der Waals surface area (Å²) < 4.78 is 27.4. The number of fused-ring (bicyclic) bond motifs is 2. The minimum Gasteiger partial charge on any atom is -0.444 e. The number of hydrogen-bond donors (Lipinski definition) is 4. The van der Waals surface area contributed by atoms with Gasteiger partial charge < -0.3 is 59.5 Å². The molecule has 0 aliphatic carbocycles. The Morgan fingerprint density at radius 2 is 1.16 bits per heavy atom. The quantitative estimate of drug-likeness (QED) is 0.0127. The number of nitrogens with one attached hydrogen (secondary N) is 2. The molecule has 2 aromatic carbocycles. The minimum atomic E-state index is -1.23. The Hall–Kier alpha value is -7.07. The summed E-state index contributed by atoms with van der Waals surface area (Å²) >= 11 is 0. The van der Waals surface area contributed by atoms with Crippen molar-refractivity contribution in [1.82, 2.24) is 38.9 Å². The van der Waals surface area contributed by atoms with E-state index in [1.807, 2.05) is 115 Å². The highest BCUT2D eigenvalue weighted by Gasteiger charge is 2.30. The lowest BCUT2D eigenvalue weighted by Gasteiger charge is -2.34. The van der Waals surface area contributed by atoms with Gasteiger partial charge in [0.15, 0.2) is 11.5 Å². The molecule has 0 radical (unpaired) electrons. The lowest BCUT2D eigenvalue weighted by molar-refractivity contribution is 0.0196. The fraction of sp³-hybridized carbons (Fsp3) is 0.533. The summed E-state index contributed by atoms with van der Waals surface area (Å²) in [5, 5.41) is 21.3. The summed E-state index contributed by atoms with van der Waals surface area (Å²) in [6.45, 7) is 41.4. The maximum absolute atomic E-state index is 12.7. The van der Waals surface area contributed by atoms with Crippen LogP contribution in [0.2, 0.25) is 51.4 Å². The molecule has 22 heteroatoms. The monoisotopic (exact) mass is 1160 g/mol. The molecule has 4 aromatic heterocycles. The van der Waals surface area contributed by atoms with Crippen LogP contribution in [0.3, 0.4) is 0 Å². The standard InChI is InChI=1S/C30H45N7O4Si.C30H42N6O3Si/c1-20-16-32-28(33-22-9-8-12-36(17-22)29(38)41-30(2,3)4)34-26(20)24-18-37(19-40-13-14-42(5,6)7)25-15-21(27(31)35-39)10-11-23(24)25;1-21-17-32-28(33-23-10-9-13-35(18-23)29(37)39-30(2,3)4)34-27(21)25-19-36(20-38-14-15-40(6,7)8)26-16-22(31-5)11-12-24(25)26/h10-11,15-16,18,22,39H,8-9,12-14,17,19H2,1-7H3,(H2,31,35)(H,32,33,34);11-12,16-17,19,23H,9-10,13-15,18,20H2,1-4,6-8H3,(H,32,33,34)/t22-;23-/m00/s1. The van der Waals surface area contributed by atoms with Gasteiger partial charge in [-0.3, -0.25) is 0 Å². The second kappa shape index (κ2) is 26.5. The molecule has 8 rings (SSSR count). The number of rotatable bonds is 17. The largest absolute Gasteiger partial charge is 0.444 e. The molecule has 0 spiro atoms. The van der Waals surface area contributed by atoms with Gasteiger partial charge in [0.2, 0.25) is 11.9 Å². The van der Waals surface area contributed by atoms with Crippen molar-refractivity contribution in [2.45, 2.75) is 169 Å². The highest BCUT2D eigenvalue weighted by atomic mass is 28.3. The molecule has 0 bridgehead atoms. The molecule has 2 saturated heterocycles. The van der Waals surface area contributed by atoms with E-state index in [-0.39, 0.29) is 30.1 Å². The second-order valence-corrected chi connectivity index (χ2v) is 37.3. The van der Waals surface area contributed by atoms with Crippen molar-refractivity contribution < 1.29 is 33.7 Å². The minimum absolute atomic E-state index is 0.00577. The van der Waals surface area contributed by atoms with Gasteiger partial charge in [-0.1, -0.05) is 68.7 Å². The number of benzene rings is 2. The average Bonchev–Trinajstić information content (AvgIpc) is 4.21. The van der Waals surface area contributed by atoms with Gasteiger partial charge >= 0.3 is 12.2 Å². The van der Waals surface area contributed by atoms with Crippen molar-refractivity contribution in [1.29, 1.82) is 0 Å². The molecule has 0 saturated carbocycles. The number of anilines is 2. The molecule has 2 amide bonds. The number of ether oxygens (including phenoxy) is 4. The third-order valence-electron chi connectivity index (χ3n) is 14.0. The molecule has 0 unspecified atom stereocenters. The Balaban J connectivity index is 0.000000236. The van der Waals surface area contributed by atoms with E-state index < -0.39 is 27.3 Å². The molecule has 6 aromatic rings. The number of nitrogens with zero attached hydrogens (tertiary/aromatic N) is 10. The van der Waals surface area contributed by atoms with E-state index in [0.717, 1.165) is 99.8 Å². The van der Waals surface area contributed by atoms with Crippen LogP contribution in [0.5, 0.6) is 0 Å². The lowest BCUT2D eigenvalue weighted by atomic mass is 10.0. The van der Waals surface area contributed by atoms with Crippen LogP contribution in [0, 0.1) is 20.4 Å². The average molecular weight is 1160 g/mol. The van der Waals surface area contributed by atoms with Crippen LogP contribution in [0.4, 0.5) is 27.2 Å². The van der Waals surface area contributed by atoms with Crippen LogP contribution in [0.15, 0.2) is 66.3 Å². The number of piperidine rings is 2. The van der Waals surface area contributed by atoms with E-state index in [4.69, 9.17) is 41.2 Å². The Morgan fingerprint density at radius 3 is 1.57 bits per heavy atom. The van der Waals surface area contributed by atoms with Crippen LogP contribution >= 0.6 is 0 Å². The molecule has 2 fully saturated rings. The molecule has 2 aliphatic rings. The first kappa shape index (κ1) is 62.5. The normalized spacial score (nSPS) is 16.4. The summed E-state index contributed by atoms with van der Waals surface area (Å²) in [4.78, 5) is 51.4. The number of amidine groups is 1. The van der Waals surface area contributed by atoms with Crippen LogP contribution in [0.25, 0.3) is 49.2 Å². The van der Waals surface area contributed by atoms with Crippen LogP contribution in [0.1, 0.15) is 83.9 Å². The number of carbonyl (C=O) groups excluding carboxylic acids is 2. The maximum Gasteiger partial charge on any atom is 0.410 e. The SMILES string of the molecule is Cc1cnc(N[C@H]2CCCN(C(=O)OC(C)(C)C)C2)nc1-c1cn(COCC[Si](C)(C)C)c2cc(/C(N)=N/O)ccc12.[C-]#[N+]c1ccc2c(-c3nc(N[C@H]4CCCN(C(=O)OC(C)(C)C)C4)ncc3C)cn(COCC[Si](C)(C)C)c2c1. The Kier molecular flexibility index (Phi) is 20.2. The molecular formula is C60H87N13O7Si2. The molecule has 20 nitrogen and oxygen atoms in total. The van der Waals surface area contributed by atoms with Crippen LogP contribution in [-0.4, -0.2) is 141 Å². The van der Waals surface area contributed by atoms with Crippen molar-refractivity contribution in [3.63, 3.8) is 0 Å². The van der Waals surface area contributed by atoms with Crippen molar-refractivity contribution in [3.8, 4) is 22.5 Å². The van der Waals surface area contributed by atoms with E-state index in [9.17, 15) is 14.8 Å². The van der Waals surface area contributed by atoms with E-state index in [0.29, 0.717) is 69.4 Å². The zero-order chi connectivity index (χ0) is 59.7. The third-order valence-corrected chi connectivity index (χ3v) is 17.4. The maximum atomic E-state index is 12.7. The molecule has 5 N–H and O–H groups in total. The van der Waals surface area contributed by atoms with E-state index in [2.05, 4.69) is 80.6 Å². The topological polar surface area (TPSA) is 226 Å². The number of aryl methyl sites for hydroxylation is 2.